The van der Waals surface area contributed by atoms with Crippen molar-refractivity contribution in [1.82, 2.24) is 15.0 Å². The number of fused-ring (bicyclic) bond motifs is 2. The Kier molecular flexibility index (Phi) is 9.28. The van der Waals surface area contributed by atoms with E-state index < -0.39 is 7.81 Å². The van der Waals surface area contributed by atoms with Crippen molar-refractivity contribution in [3.8, 4) is 22.6 Å². The molecule has 215 valence electrons. The molecular formula is C29H19F7IrN3P-2. The van der Waals surface area contributed by atoms with Crippen molar-refractivity contribution in [2.75, 3.05) is 0 Å². The van der Waals surface area contributed by atoms with Gasteiger partial charge in [0, 0.05) is 42.9 Å². The minimum atomic E-state index is -10.7. The van der Waals surface area contributed by atoms with Gasteiger partial charge in [-0.25, -0.2) is 14.4 Å². The van der Waals surface area contributed by atoms with Crippen molar-refractivity contribution in [2.24, 2.45) is 0 Å². The zero-order valence-corrected chi connectivity index (χ0v) is 24.0. The smallest absolute Gasteiger partial charge is 0.0894 e. The van der Waals surface area contributed by atoms with Crippen LogP contribution in [0.3, 0.4) is 0 Å². The van der Waals surface area contributed by atoms with Gasteiger partial charge < -0.3 is 4.98 Å². The molecule has 6 rings (SSSR count). The molecule has 0 spiro atoms. The Morgan fingerprint density at radius 3 is 1.46 bits per heavy atom. The van der Waals surface area contributed by atoms with E-state index in [1.165, 1.54) is 6.07 Å². The summed E-state index contributed by atoms with van der Waals surface area (Å²) in [6, 6.07) is 37.4. The van der Waals surface area contributed by atoms with E-state index in [9.17, 15) is 29.6 Å². The van der Waals surface area contributed by atoms with E-state index in [0.717, 1.165) is 38.9 Å². The second-order valence-electron chi connectivity index (χ2n) is 8.36. The molecule has 3 aromatic carbocycles. The molecule has 12 heteroatoms. The molecule has 0 N–H and O–H groups in total. The SMILES string of the molecule is F[P-](F)(F)(F)(F)F.Fc1[c-]c(-c2ccccn2)ccc1.[Ir].c1ccc2nc(-c3ccc4ccccc4n3)ccc2c1. The summed E-state index contributed by atoms with van der Waals surface area (Å²) in [7, 11) is -10.7. The Labute approximate surface area is 243 Å². The number of nitrogens with zero attached hydrogens (tertiary/aromatic N) is 3. The fraction of sp³-hybridized carbons (Fsp3) is 0. The Morgan fingerprint density at radius 2 is 1.00 bits per heavy atom. The summed E-state index contributed by atoms with van der Waals surface area (Å²) in [5, 5.41) is 2.30. The number of halogens is 7. The summed E-state index contributed by atoms with van der Waals surface area (Å²) in [6.07, 6.45) is 1.67. The van der Waals surface area contributed by atoms with Crippen molar-refractivity contribution < 1.29 is 49.7 Å². The summed E-state index contributed by atoms with van der Waals surface area (Å²) in [5.74, 6) is -0.358. The van der Waals surface area contributed by atoms with Crippen LogP contribution in [0.4, 0.5) is 29.6 Å². The summed E-state index contributed by atoms with van der Waals surface area (Å²) in [4.78, 5) is 13.5. The zero-order valence-electron chi connectivity index (χ0n) is 20.7. The Bertz CT molecular complexity index is 1680. The quantitative estimate of drug-likeness (QED) is 0.100. The van der Waals surface area contributed by atoms with Crippen LogP contribution in [0.2, 0.25) is 0 Å². The summed E-state index contributed by atoms with van der Waals surface area (Å²) in [6.45, 7) is 0. The molecule has 0 aliphatic heterocycles. The Hall–Kier alpha value is -3.78. The number of rotatable bonds is 2. The molecule has 0 atom stereocenters. The molecule has 0 fully saturated rings. The standard InChI is InChI=1S/C18H12N2.C11H7FN.F6P.Ir/c1-3-7-15-13(5-1)9-11-17(19-15)18-12-10-14-6-2-4-8-16(14)20-18;12-10-5-3-4-9(8-10)11-6-1-2-7-13-11;1-7(2,3,4,5)6;/h1-12H;1-7H;;/q;2*-1;. The van der Waals surface area contributed by atoms with E-state index >= 15 is 0 Å². The average molecular weight is 766 g/mol. The van der Waals surface area contributed by atoms with Crippen LogP contribution in [0.15, 0.2) is 115 Å². The van der Waals surface area contributed by atoms with Gasteiger partial charge in [-0.15, -0.1) is 29.8 Å². The van der Waals surface area contributed by atoms with E-state index in [4.69, 9.17) is 0 Å². The van der Waals surface area contributed by atoms with Crippen molar-refractivity contribution in [3.05, 3.63) is 127 Å². The molecule has 0 aliphatic rings. The van der Waals surface area contributed by atoms with Gasteiger partial charge in [-0.1, -0.05) is 60.7 Å². The monoisotopic (exact) mass is 766 g/mol. The predicted molar refractivity (Wildman–Crippen MR) is 145 cm³/mol. The Balaban J connectivity index is 0.000000190. The van der Waals surface area contributed by atoms with E-state index in [0.29, 0.717) is 5.56 Å². The molecule has 0 saturated heterocycles. The second kappa shape index (κ2) is 12.0. The van der Waals surface area contributed by atoms with Crippen molar-refractivity contribution in [3.63, 3.8) is 0 Å². The topological polar surface area (TPSA) is 38.7 Å². The molecule has 0 amide bonds. The number of benzene rings is 3. The van der Waals surface area contributed by atoms with Gasteiger partial charge in [0.05, 0.1) is 22.4 Å². The molecule has 0 aliphatic carbocycles. The fourth-order valence-electron chi connectivity index (χ4n) is 3.53. The fourth-order valence-corrected chi connectivity index (χ4v) is 3.53. The van der Waals surface area contributed by atoms with Gasteiger partial charge in [0.2, 0.25) is 0 Å². The van der Waals surface area contributed by atoms with Crippen LogP contribution >= 0.6 is 7.81 Å². The van der Waals surface area contributed by atoms with Crippen molar-refractivity contribution in [2.45, 2.75) is 0 Å². The van der Waals surface area contributed by atoms with Gasteiger partial charge in [0.25, 0.3) is 0 Å². The second-order valence-corrected chi connectivity index (χ2v) is 10.3. The number of hydrogen-bond donors (Lipinski definition) is 0. The number of aromatic nitrogens is 3. The van der Waals surface area contributed by atoms with Crippen LogP contribution in [0.5, 0.6) is 0 Å². The van der Waals surface area contributed by atoms with Gasteiger partial charge in [0.1, 0.15) is 0 Å². The molecule has 3 aromatic heterocycles. The largest absolute Gasteiger partial charge is 0.305 e. The maximum absolute atomic E-state index is 12.8. The van der Waals surface area contributed by atoms with Crippen LogP contribution in [0.1, 0.15) is 0 Å². The van der Waals surface area contributed by atoms with Crippen LogP contribution in [-0.2, 0) is 20.1 Å². The van der Waals surface area contributed by atoms with Crippen molar-refractivity contribution in [1.29, 1.82) is 0 Å². The van der Waals surface area contributed by atoms with Gasteiger partial charge in [-0.2, -0.15) is 0 Å². The molecule has 41 heavy (non-hydrogen) atoms. The van der Waals surface area contributed by atoms with Gasteiger partial charge >= 0.3 is 33.0 Å². The normalized spacial score (nSPS) is 12.5. The third-order valence-corrected chi connectivity index (χ3v) is 5.16. The zero-order chi connectivity index (χ0) is 28.9. The molecule has 3 heterocycles. The maximum atomic E-state index is 12.8. The van der Waals surface area contributed by atoms with E-state index in [2.05, 4.69) is 45.3 Å². The molecule has 3 nitrogen and oxygen atoms in total. The summed E-state index contributed by atoms with van der Waals surface area (Å²) in [5.41, 5.74) is 5.24. The van der Waals surface area contributed by atoms with Gasteiger partial charge in [0.15, 0.2) is 0 Å². The van der Waals surface area contributed by atoms with Gasteiger partial charge in [-0.3, -0.25) is 0 Å². The van der Waals surface area contributed by atoms with E-state index in [1.807, 2.05) is 66.7 Å². The van der Waals surface area contributed by atoms with Gasteiger partial charge in [-0.05, 0) is 36.0 Å². The number of para-hydroxylation sites is 2. The van der Waals surface area contributed by atoms with Crippen molar-refractivity contribution >= 4 is 29.6 Å². The predicted octanol–water partition coefficient (Wildman–Crippen LogP) is 10.5. The van der Waals surface area contributed by atoms with Crippen LogP contribution < -0.4 is 0 Å². The first kappa shape index (κ1) is 31.7. The summed E-state index contributed by atoms with van der Waals surface area (Å²) >= 11 is 0. The van der Waals surface area contributed by atoms with E-state index in [1.54, 1.807) is 18.3 Å². The molecule has 0 saturated carbocycles. The van der Waals surface area contributed by atoms with E-state index in [-0.39, 0.29) is 25.9 Å². The average Bonchev–Trinajstić information content (AvgIpc) is 2.92. The first-order valence-corrected chi connectivity index (χ1v) is 13.6. The van der Waals surface area contributed by atoms with Crippen LogP contribution in [0, 0.1) is 11.9 Å². The number of hydrogen-bond acceptors (Lipinski definition) is 3. The molecule has 0 unspecified atom stereocenters. The Morgan fingerprint density at radius 1 is 0.512 bits per heavy atom. The minimum Gasteiger partial charge on any atom is -0.305 e. The summed E-state index contributed by atoms with van der Waals surface area (Å²) < 4.78 is 72.0. The first-order chi connectivity index (χ1) is 18.7. The first-order valence-electron chi connectivity index (χ1n) is 11.6. The molecule has 6 aromatic rings. The third kappa shape index (κ3) is 11.0. The number of pyridine rings is 3. The maximum Gasteiger partial charge on any atom is 0.0894 e. The van der Waals surface area contributed by atoms with Crippen LogP contribution in [-0.4, -0.2) is 15.0 Å². The molecule has 1 radical (unpaired) electrons. The molecule has 0 bridgehead atoms. The molecular weight excluding hydrogens is 747 g/mol. The van der Waals surface area contributed by atoms with Crippen LogP contribution in [0.25, 0.3) is 44.5 Å². The third-order valence-electron chi connectivity index (χ3n) is 5.16. The minimum absolute atomic E-state index is 0.